The van der Waals surface area contributed by atoms with Crippen molar-refractivity contribution in [3.05, 3.63) is 0 Å². The van der Waals surface area contributed by atoms with E-state index in [1.807, 2.05) is 0 Å². The van der Waals surface area contributed by atoms with Crippen molar-refractivity contribution < 1.29 is 91.8 Å². The Bertz CT molecular complexity index is 184. The Balaban J connectivity index is -0.000000120. The fourth-order valence-electron chi connectivity index (χ4n) is 2.43. The van der Waals surface area contributed by atoms with E-state index in [0.29, 0.717) is 26.2 Å². The predicted octanol–water partition coefficient (Wildman–Crippen LogP) is -13.0. The van der Waals surface area contributed by atoms with Crippen molar-refractivity contribution in [2.45, 2.75) is 25.7 Å². The minimum absolute atomic E-state index is 0. The van der Waals surface area contributed by atoms with Gasteiger partial charge < -0.3 is 82.4 Å². The smallest absolute Gasteiger partial charge is 1.00 e. The van der Waals surface area contributed by atoms with Gasteiger partial charge in [-0.1, -0.05) is 12.8 Å². The van der Waals surface area contributed by atoms with Crippen molar-refractivity contribution in [3.63, 3.8) is 0 Å². The minimum atomic E-state index is 0. The first-order valence-electron chi connectivity index (χ1n) is 8.03. The third-order valence-electron chi connectivity index (χ3n) is 3.48. The summed E-state index contributed by atoms with van der Waals surface area (Å²) in [6.07, 6.45) is 5.00. The molecule has 0 aromatic heterocycles. The largest absolute Gasteiger partial charge is 2.00 e. The van der Waals surface area contributed by atoms with Crippen LogP contribution in [0.3, 0.4) is 0 Å². The van der Waals surface area contributed by atoms with Gasteiger partial charge >= 0.3 is 42.1 Å². The van der Waals surface area contributed by atoms with E-state index >= 15 is 0 Å². The van der Waals surface area contributed by atoms with Crippen LogP contribution in [0.2, 0.25) is 0 Å². The van der Waals surface area contributed by atoms with Crippen molar-refractivity contribution in [2.24, 2.45) is 22.9 Å². The quantitative estimate of drug-likeness (QED) is 0.123. The second-order valence-corrected chi connectivity index (χ2v) is 5.25. The topological polar surface area (TPSA) is 111 Å². The van der Waals surface area contributed by atoms with Gasteiger partial charge in [0, 0.05) is 52.4 Å². The molecule has 0 spiro atoms. The molecule has 0 bridgehead atoms. The minimum Gasteiger partial charge on any atom is -1.00 e. The third-order valence-corrected chi connectivity index (χ3v) is 3.48. The van der Waals surface area contributed by atoms with Crippen molar-refractivity contribution >= 4 is 0 Å². The van der Waals surface area contributed by atoms with Crippen LogP contribution in [0.5, 0.6) is 0 Å². The Hall–Kier alpha value is 2.30. The maximum atomic E-state index is 5.59. The van der Waals surface area contributed by atoms with Gasteiger partial charge in [0.25, 0.3) is 0 Å². The number of hydrogen-bond donors (Lipinski definition) is 4. The van der Waals surface area contributed by atoms with Crippen molar-refractivity contribution in [1.29, 1.82) is 0 Å². The third kappa shape index (κ3) is 31.0. The molecule has 170 valence electrons. The summed E-state index contributed by atoms with van der Waals surface area (Å²) in [6.45, 7) is 8.92. The number of rotatable bonds is 15. The summed E-state index contributed by atoms with van der Waals surface area (Å²) < 4.78 is 0. The van der Waals surface area contributed by atoms with E-state index in [9.17, 15) is 0 Å². The zero-order valence-corrected chi connectivity index (χ0v) is 22.8. The Kier molecular flexibility index (Phi) is 67.9. The van der Waals surface area contributed by atoms with Crippen LogP contribution >= 0.6 is 0 Å². The first kappa shape index (κ1) is 46.5. The molecular formula is C14H36Cl4N6Pt2. The first-order chi connectivity index (χ1) is 9.78. The van der Waals surface area contributed by atoms with Crippen LogP contribution in [0.15, 0.2) is 0 Å². The molecule has 0 aliphatic rings. The normalized spacial score (nSPS) is 9.00. The molecule has 0 rings (SSSR count). The average molecular weight is 820 g/mol. The fraction of sp³-hybridized carbons (Fsp3) is 1.00. The van der Waals surface area contributed by atoms with Crippen molar-refractivity contribution in [2.75, 3.05) is 65.4 Å². The summed E-state index contributed by atoms with van der Waals surface area (Å²) in [5.41, 5.74) is 22.4. The van der Waals surface area contributed by atoms with Gasteiger partial charge in [-0.15, -0.1) is 0 Å². The second kappa shape index (κ2) is 38.0. The molecule has 26 heavy (non-hydrogen) atoms. The molecule has 0 saturated heterocycles. The Morgan fingerprint density at radius 3 is 0.808 bits per heavy atom. The van der Waals surface area contributed by atoms with Crippen LogP contribution < -0.4 is 72.6 Å². The molecule has 0 atom stereocenters. The van der Waals surface area contributed by atoms with Gasteiger partial charge in [-0.05, 0) is 25.9 Å². The molecule has 6 nitrogen and oxygen atoms in total. The molecule has 0 saturated carbocycles. The Labute approximate surface area is 214 Å². The molecule has 0 aromatic rings. The molecule has 0 heterocycles. The van der Waals surface area contributed by atoms with Crippen LogP contribution in [0.25, 0.3) is 0 Å². The van der Waals surface area contributed by atoms with E-state index in [4.69, 9.17) is 22.9 Å². The van der Waals surface area contributed by atoms with Gasteiger partial charge in [0.2, 0.25) is 0 Å². The molecule has 0 aromatic carbocycles. The van der Waals surface area contributed by atoms with Gasteiger partial charge in [-0.2, -0.15) is 0 Å². The number of unbranched alkanes of at least 4 members (excludes halogenated alkanes) is 3. The molecule has 0 aliphatic heterocycles. The summed E-state index contributed by atoms with van der Waals surface area (Å²) in [7, 11) is 0. The molecular weight excluding hydrogens is 784 g/mol. The molecule has 0 unspecified atom stereocenters. The number of nitrogens with two attached hydrogens (primary N) is 4. The summed E-state index contributed by atoms with van der Waals surface area (Å²) in [4.78, 5) is 4.71. The predicted molar refractivity (Wildman–Crippen MR) is 87.6 cm³/mol. The molecule has 0 amide bonds. The summed E-state index contributed by atoms with van der Waals surface area (Å²) in [6, 6.07) is 0. The number of hydrogen-bond acceptors (Lipinski definition) is 6. The monoisotopic (exact) mass is 818 g/mol. The van der Waals surface area contributed by atoms with Crippen LogP contribution in [0, 0.1) is 0 Å². The maximum absolute atomic E-state index is 5.59. The zero-order valence-electron chi connectivity index (χ0n) is 15.2. The van der Waals surface area contributed by atoms with E-state index in [1.54, 1.807) is 0 Å². The van der Waals surface area contributed by atoms with Crippen molar-refractivity contribution in [3.8, 4) is 0 Å². The van der Waals surface area contributed by atoms with Gasteiger partial charge in [0.1, 0.15) is 0 Å². The number of halogens is 4. The van der Waals surface area contributed by atoms with Crippen molar-refractivity contribution in [1.82, 2.24) is 9.80 Å². The van der Waals surface area contributed by atoms with Crippen LogP contribution in [0.4, 0.5) is 0 Å². The first-order valence-corrected chi connectivity index (χ1v) is 8.03. The Morgan fingerprint density at radius 2 is 0.615 bits per heavy atom. The van der Waals surface area contributed by atoms with Gasteiger partial charge in [-0.25, -0.2) is 0 Å². The van der Waals surface area contributed by atoms with Gasteiger partial charge in [0.15, 0.2) is 0 Å². The van der Waals surface area contributed by atoms with Crippen LogP contribution in [-0.2, 0) is 42.1 Å². The van der Waals surface area contributed by atoms with Crippen LogP contribution in [-0.4, -0.2) is 75.2 Å². The summed E-state index contributed by atoms with van der Waals surface area (Å²) in [5.74, 6) is 0. The summed E-state index contributed by atoms with van der Waals surface area (Å²) >= 11 is 0. The van der Waals surface area contributed by atoms with E-state index in [2.05, 4.69) is 9.80 Å². The van der Waals surface area contributed by atoms with E-state index in [1.165, 1.54) is 25.7 Å². The van der Waals surface area contributed by atoms with E-state index in [0.717, 1.165) is 39.3 Å². The molecule has 0 fully saturated rings. The standard InChI is InChI=1S/C14H36N6.4ClH.2Pt/c15-5-11-19(12-6-16)9-3-1-2-4-10-20(13-7-17)14-8-18;;;;;;/h1-18H2;4*1H;;/q;;;;;2*+2/p-4. The van der Waals surface area contributed by atoms with E-state index < -0.39 is 0 Å². The SMILES string of the molecule is NCCN(CCN)CCCCCCN(CCN)CCN.[Cl-].[Cl-].[Cl-].[Cl-].[Pt+2].[Pt+2]. The molecule has 0 aliphatic carbocycles. The van der Waals surface area contributed by atoms with Gasteiger partial charge in [-0.3, -0.25) is 0 Å². The maximum Gasteiger partial charge on any atom is 2.00 e. The van der Waals surface area contributed by atoms with Gasteiger partial charge in [0.05, 0.1) is 0 Å². The fourth-order valence-corrected chi connectivity index (χ4v) is 2.43. The molecule has 12 heteroatoms. The molecule has 8 N–H and O–H groups in total. The molecule has 0 radical (unpaired) electrons. The number of nitrogens with zero attached hydrogens (tertiary/aromatic N) is 2. The second-order valence-electron chi connectivity index (χ2n) is 5.25. The zero-order chi connectivity index (χ0) is 15.1. The van der Waals surface area contributed by atoms with Crippen LogP contribution in [0.1, 0.15) is 25.7 Å². The average Bonchev–Trinajstić information content (AvgIpc) is 2.43. The summed E-state index contributed by atoms with van der Waals surface area (Å²) in [5, 5.41) is 0. The van der Waals surface area contributed by atoms with E-state index in [-0.39, 0.29) is 91.8 Å². The Morgan fingerprint density at radius 1 is 0.385 bits per heavy atom.